The lowest BCUT2D eigenvalue weighted by molar-refractivity contribution is -0.385. The van der Waals surface area contributed by atoms with E-state index < -0.39 is 4.92 Å². The van der Waals surface area contributed by atoms with E-state index in [1.165, 1.54) is 16.8 Å². The molecule has 0 unspecified atom stereocenters. The van der Waals surface area contributed by atoms with E-state index in [2.05, 4.69) is 0 Å². The van der Waals surface area contributed by atoms with E-state index in [-0.39, 0.29) is 11.2 Å². The number of hydrogen-bond acceptors (Lipinski definition) is 4. The van der Waals surface area contributed by atoms with Gasteiger partial charge in [0, 0.05) is 18.2 Å². The van der Waals surface area contributed by atoms with E-state index >= 15 is 0 Å². The van der Waals surface area contributed by atoms with Gasteiger partial charge in [-0.1, -0.05) is 18.2 Å². The number of aromatic nitrogens is 1. The number of hydrogen-bond donors (Lipinski definition) is 0. The summed E-state index contributed by atoms with van der Waals surface area (Å²) in [5.41, 5.74) is 0.0876. The van der Waals surface area contributed by atoms with Crippen molar-refractivity contribution in [2.24, 2.45) is 0 Å². The highest BCUT2D eigenvalue weighted by atomic mass is 16.6. The topological polar surface area (TPSA) is 74.4 Å². The molecule has 0 saturated carbocycles. The molecule has 6 nitrogen and oxygen atoms in total. The molecule has 1 aromatic carbocycles. The Balaban J connectivity index is 1.97. The lowest BCUT2D eigenvalue weighted by atomic mass is 10.2. The maximum Gasteiger partial charge on any atom is 0.286 e. The Kier molecular flexibility index (Phi) is 4.71. The lowest BCUT2D eigenvalue weighted by Crippen LogP contribution is -2.23. The second-order valence-electron chi connectivity index (χ2n) is 4.65. The molecule has 2 rings (SSSR count). The summed E-state index contributed by atoms with van der Waals surface area (Å²) in [5.74, 6) is 0.764. The fourth-order valence-corrected chi connectivity index (χ4v) is 1.97. The second kappa shape index (κ2) is 6.69. The minimum atomic E-state index is -0.497. The first-order valence-electron chi connectivity index (χ1n) is 6.61. The van der Waals surface area contributed by atoms with E-state index in [4.69, 9.17) is 4.74 Å². The summed E-state index contributed by atoms with van der Waals surface area (Å²) in [4.78, 5) is 22.2. The van der Waals surface area contributed by atoms with Crippen LogP contribution >= 0.6 is 0 Å². The molecule has 0 radical (unpaired) electrons. The van der Waals surface area contributed by atoms with Gasteiger partial charge >= 0.3 is 0 Å². The van der Waals surface area contributed by atoms with Crippen LogP contribution in [-0.2, 0) is 6.54 Å². The van der Waals surface area contributed by atoms with Crippen molar-refractivity contribution >= 4 is 5.69 Å². The maximum absolute atomic E-state index is 11.9. The molecule has 1 heterocycles. The van der Waals surface area contributed by atoms with Crippen LogP contribution in [0.15, 0.2) is 47.4 Å². The van der Waals surface area contributed by atoms with Crippen molar-refractivity contribution in [1.82, 2.24) is 4.57 Å². The van der Waals surface area contributed by atoms with Gasteiger partial charge in [-0.2, -0.15) is 0 Å². The number of ether oxygens (including phenoxy) is 1. The number of benzene rings is 1. The van der Waals surface area contributed by atoms with Gasteiger partial charge in [-0.3, -0.25) is 14.9 Å². The summed E-state index contributed by atoms with van der Waals surface area (Å²) in [6, 6.07) is 10.7. The summed E-state index contributed by atoms with van der Waals surface area (Å²) in [7, 11) is 0. The predicted octanol–water partition coefficient (Wildman–Crippen LogP) is 2.53. The summed E-state index contributed by atoms with van der Waals surface area (Å²) in [6.07, 6.45) is 1.87. The van der Waals surface area contributed by atoms with E-state index in [1.54, 1.807) is 6.92 Å². The molecule has 21 heavy (non-hydrogen) atoms. The summed E-state index contributed by atoms with van der Waals surface area (Å²) in [6.45, 7) is 2.40. The van der Waals surface area contributed by atoms with Gasteiger partial charge in [-0.15, -0.1) is 0 Å². The molecule has 0 N–H and O–H groups in total. The Morgan fingerprint density at radius 2 is 2.00 bits per heavy atom. The molecule has 0 atom stereocenters. The Bertz CT molecular complexity index is 680. The van der Waals surface area contributed by atoms with Crippen molar-refractivity contribution in [2.45, 2.75) is 19.9 Å². The van der Waals surface area contributed by atoms with Crippen molar-refractivity contribution in [1.29, 1.82) is 0 Å². The van der Waals surface area contributed by atoms with E-state index in [1.807, 2.05) is 30.3 Å². The van der Waals surface area contributed by atoms with Crippen LogP contribution in [0.4, 0.5) is 5.69 Å². The zero-order valence-electron chi connectivity index (χ0n) is 11.7. The minimum absolute atomic E-state index is 0.0731. The molecule has 2 aromatic rings. The predicted molar refractivity (Wildman–Crippen MR) is 78.6 cm³/mol. The average Bonchev–Trinajstić information content (AvgIpc) is 2.48. The molecular formula is C15H16N2O4. The van der Waals surface area contributed by atoms with Crippen LogP contribution in [0.25, 0.3) is 0 Å². The minimum Gasteiger partial charge on any atom is -0.494 e. The number of nitro groups is 1. The van der Waals surface area contributed by atoms with E-state index in [0.717, 1.165) is 5.75 Å². The molecule has 0 amide bonds. The van der Waals surface area contributed by atoms with Gasteiger partial charge in [0.15, 0.2) is 0 Å². The first-order valence-corrected chi connectivity index (χ1v) is 6.61. The zero-order chi connectivity index (χ0) is 15.2. The number of para-hydroxylation sites is 1. The van der Waals surface area contributed by atoms with Crippen molar-refractivity contribution in [3.8, 4) is 5.75 Å². The van der Waals surface area contributed by atoms with Crippen LogP contribution < -0.4 is 10.3 Å². The van der Waals surface area contributed by atoms with Crippen molar-refractivity contribution < 1.29 is 9.66 Å². The Morgan fingerprint density at radius 1 is 1.29 bits per heavy atom. The van der Waals surface area contributed by atoms with E-state index in [9.17, 15) is 14.9 Å². The molecule has 0 aliphatic heterocycles. The first-order chi connectivity index (χ1) is 10.1. The molecule has 1 aromatic heterocycles. The fraction of sp³-hybridized carbons (Fsp3) is 0.267. The van der Waals surface area contributed by atoms with Crippen LogP contribution in [0.3, 0.4) is 0 Å². The molecular weight excluding hydrogens is 272 g/mol. The van der Waals surface area contributed by atoms with Crippen molar-refractivity contribution in [2.75, 3.05) is 6.61 Å². The third-order valence-corrected chi connectivity index (χ3v) is 3.02. The largest absolute Gasteiger partial charge is 0.494 e. The van der Waals surface area contributed by atoms with Crippen molar-refractivity contribution in [3.05, 3.63) is 68.6 Å². The van der Waals surface area contributed by atoms with Gasteiger partial charge in [0.25, 0.3) is 11.2 Å². The Labute approximate surface area is 121 Å². The highest BCUT2D eigenvalue weighted by molar-refractivity contribution is 5.30. The van der Waals surface area contributed by atoms with Crippen molar-refractivity contribution in [3.63, 3.8) is 0 Å². The Hall–Kier alpha value is -2.63. The molecule has 6 heteroatoms. The maximum atomic E-state index is 11.9. The highest BCUT2D eigenvalue weighted by Gasteiger charge is 2.10. The number of pyridine rings is 1. The fourth-order valence-electron chi connectivity index (χ4n) is 1.97. The standard InChI is InChI=1S/C15H16N2O4/c1-12-10-13(17(19)20)11-16(15(12)18)8-5-9-21-14-6-3-2-4-7-14/h2-4,6-7,10-11H,5,8-9H2,1H3. The van der Waals surface area contributed by atoms with Gasteiger partial charge < -0.3 is 9.30 Å². The zero-order valence-corrected chi connectivity index (χ0v) is 11.7. The van der Waals surface area contributed by atoms with Gasteiger partial charge in [0.05, 0.1) is 17.7 Å². The number of aryl methyl sites for hydroxylation is 2. The third kappa shape index (κ3) is 3.92. The summed E-state index contributed by atoms with van der Waals surface area (Å²) < 4.78 is 6.89. The Morgan fingerprint density at radius 3 is 2.67 bits per heavy atom. The normalized spacial score (nSPS) is 10.3. The first kappa shape index (κ1) is 14.8. The average molecular weight is 288 g/mol. The van der Waals surface area contributed by atoms with Crippen LogP contribution in [0.5, 0.6) is 5.75 Å². The van der Waals surface area contributed by atoms with Gasteiger partial charge in [0.1, 0.15) is 5.75 Å². The van der Waals surface area contributed by atoms with Gasteiger partial charge in [0.2, 0.25) is 0 Å². The molecule has 0 saturated heterocycles. The number of nitrogens with zero attached hydrogens (tertiary/aromatic N) is 2. The van der Waals surface area contributed by atoms with Gasteiger partial charge in [-0.05, 0) is 25.5 Å². The quantitative estimate of drug-likeness (QED) is 0.465. The SMILES string of the molecule is Cc1cc([N+](=O)[O-])cn(CCCOc2ccccc2)c1=O. The van der Waals surface area contributed by atoms with Crippen LogP contribution in [0, 0.1) is 17.0 Å². The molecule has 0 bridgehead atoms. The van der Waals surface area contributed by atoms with Crippen LogP contribution in [-0.4, -0.2) is 16.1 Å². The molecule has 0 fully saturated rings. The lowest BCUT2D eigenvalue weighted by Gasteiger charge is -2.08. The smallest absolute Gasteiger partial charge is 0.286 e. The molecule has 0 spiro atoms. The summed E-state index contributed by atoms with van der Waals surface area (Å²) in [5, 5.41) is 10.8. The van der Waals surface area contributed by atoms with Crippen LogP contribution in [0.2, 0.25) is 0 Å². The summed E-state index contributed by atoms with van der Waals surface area (Å²) >= 11 is 0. The highest BCUT2D eigenvalue weighted by Crippen LogP contribution is 2.11. The monoisotopic (exact) mass is 288 g/mol. The van der Waals surface area contributed by atoms with Crippen LogP contribution in [0.1, 0.15) is 12.0 Å². The molecule has 0 aliphatic rings. The van der Waals surface area contributed by atoms with E-state index in [0.29, 0.717) is 25.1 Å². The second-order valence-corrected chi connectivity index (χ2v) is 4.65. The van der Waals surface area contributed by atoms with Gasteiger partial charge in [-0.25, -0.2) is 0 Å². The number of rotatable bonds is 6. The third-order valence-electron chi connectivity index (χ3n) is 3.02. The molecule has 110 valence electrons. The molecule has 0 aliphatic carbocycles.